The van der Waals surface area contributed by atoms with Crippen molar-refractivity contribution in [3.63, 3.8) is 0 Å². The number of nitrogens with zero attached hydrogens (tertiary/aromatic N) is 1. The van der Waals surface area contributed by atoms with Crippen molar-refractivity contribution >= 4 is 17.8 Å². The number of allylic oxidation sites excluding steroid dienone is 1. The van der Waals surface area contributed by atoms with E-state index in [1.165, 1.54) is 0 Å². The fourth-order valence-corrected chi connectivity index (χ4v) is 0.443. The lowest BCUT2D eigenvalue weighted by Gasteiger charge is -1.73. The summed E-state index contributed by atoms with van der Waals surface area (Å²) in [5, 5.41) is 0. The van der Waals surface area contributed by atoms with Gasteiger partial charge in [-0.1, -0.05) is 12.2 Å². The smallest absolute Gasteiger partial charge is 0.102 e. The Labute approximate surface area is 47.7 Å². The van der Waals surface area contributed by atoms with E-state index < -0.39 is 0 Å². The Morgan fingerprint density at radius 1 is 1.86 bits per heavy atom. The van der Waals surface area contributed by atoms with Crippen LogP contribution in [0.2, 0.25) is 0 Å². The zero-order chi connectivity index (χ0) is 5.11. The first kappa shape index (κ1) is 4.85. The van der Waals surface area contributed by atoms with Crippen LogP contribution in [0.3, 0.4) is 0 Å². The third kappa shape index (κ3) is 1.74. The minimum absolute atomic E-state index is 0.388. The molecule has 38 valence electrons. The molecule has 0 N–H and O–H groups in total. The summed E-state index contributed by atoms with van der Waals surface area (Å²) in [5.74, 6) is 0.597. The van der Waals surface area contributed by atoms with Crippen LogP contribution in [-0.2, 0) is 0 Å². The van der Waals surface area contributed by atoms with E-state index >= 15 is 0 Å². The third-order valence-corrected chi connectivity index (χ3v) is 0.922. The zero-order valence-electron chi connectivity index (χ0n) is 3.84. The Hall–Kier alpha value is -0.300. The van der Waals surface area contributed by atoms with Crippen molar-refractivity contribution in [2.45, 2.75) is 6.04 Å². The minimum Gasteiger partial charge on any atom is -0.282 e. The van der Waals surface area contributed by atoms with Crippen molar-refractivity contribution in [1.82, 2.24) is 0 Å². The topological polar surface area (TPSA) is 12.4 Å². The van der Waals surface area contributed by atoms with E-state index in [-0.39, 0.29) is 0 Å². The van der Waals surface area contributed by atoms with Gasteiger partial charge >= 0.3 is 0 Å². The number of hydrogen-bond donors (Lipinski definition) is 0. The highest BCUT2D eigenvalue weighted by Gasteiger charge is 2.05. The van der Waals surface area contributed by atoms with Gasteiger partial charge in [0.25, 0.3) is 0 Å². The number of hydrogen-bond acceptors (Lipinski definition) is 1. The van der Waals surface area contributed by atoms with Crippen LogP contribution >= 0.6 is 11.6 Å². The van der Waals surface area contributed by atoms with Crippen molar-refractivity contribution in [3.8, 4) is 0 Å². The van der Waals surface area contributed by atoms with Crippen molar-refractivity contribution in [3.05, 3.63) is 12.2 Å². The van der Waals surface area contributed by atoms with Gasteiger partial charge in [0.2, 0.25) is 0 Å². The molecule has 7 heavy (non-hydrogen) atoms. The molecule has 0 aromatic carbocycles. The Kier molecular flexibility index (Phi) is 1.47. The molecule has 1 aliphatic heterocycles. The molecular weight excluding hydrogens is 110 g/mol. The second-order valence-corrected chi connectivity index (χ2v) is 1.68. The van der Waals surface area contributed by atoms with Crippen LogP contribution in [0.15, 0.2) is 17.1 Å². The highest BCUT2D eigenvalue weighted by atomic mass is 35.5. The van der Waals surface area contributed by atoms with Crippen LogP contribution in [0.4, 0.5) is 0 Å². The summed E-state index contributed by atoms with van der Waals surface area (Å²) >= 11 is 5.33. The summed E-state index contributed by atoms with van der Waals surface area (Å²) in [4.78, 5) is 3.87. The fourth-order valence-electron chi connectivity index (χ4n) is 0.340. The predicted molar refractivity (Wildman–Crippen MR) is 32.1 cm³/mol. The molecule has 1 atom stereocenters. The lowest BCUT2D eigenvalue weighted by molar-refractivity contribution is 1.28. The summed E-state index contributed by atoms with van der Waals surface area (Å²) in [5.41, 5.74) is 0. The second-order valence-electron chi connectivity index (χ2n) is 1.37. The molecule has 1 heterocycles. The summed E-state index contributed by atoms with van der Waals surface area (Å²) in [6, 6.07) is 0.388. The van der Waals surface area contributed by atoms with Gasteiger partial charge in [-0.05, 0) is 0 Å². The van der Waals surface area contributed by atoms with Crippen LogP contribution in [0.1, 0.15) is 0 Å². The van der Waals surface area contributed by atoms with Crippen molar-refractivity contribution in [2.75, 3.05) is 5.88 Å². The zero-order valence-corrected chi connectivity index (χ0v) is 4.60. The van der Waals surface area contributed by atoms with Gasteiger partial charge in [-0.25, -0.2) is 0 Å². The monoisotopic (exact) mass is 115 g/mol. The van der Waals surface area contributed by atoms with E-state index in [2.05, 4.69) is 4.99 Å². The van der Waals surface area contributed by atoms with Crippen molar-refractivity contribution < 1.29 is 0 Å². The highest BCUT2D eigenvalue weighted by molar-refractivity contribution is 6.18. The first-order valence-electron chi connectivity index (χ1n) is 2.19. The van der Waals surface area contributed by atoms with E-state index in [9.17, 15) is 0 Å². The molecule has 0 saturated heterocycles. The number of alkyl halides is 1. The minimum atomic E-state index is 0.388. The third-order valence-electron chi connectivity index (χ3n) is 0.744. The maximum absolute atomic E-state index is 5.33. The summed E-state index contributed by atoms with van der Waals surface area (Å²) in [6.45, 7) is 0. The van der Waals surface area contributed by atoms with Gasteiger partial charge in [-0.2, -0.15) is 0 Å². The Bertz CT molecular complexity index is 101. The largest absolute Gasteiger partial charge is 0.282 e. The molecule has 0 aromatic rings. The number of halogens is 1. The molecule has 1 aliphatic rings. The van der Waals surface area contributed by atoms with E-state index in [4.69, 9.17) is 11.6 Å². The van der Waals surface area contributed by atoms with Gasteiger partial charge in [0, 0.05) is 12.1 Å². The molecule has 0 radical (unpaired) electrons. The van der Waals surface area contributed by atoms with Gasteiger partial charge in [0.1, 0.15) is 6.04 Å². The molecule has 0 aliphatic carbocycles. The van der Waals surface area contributed by atoms with Crippen LogP contribution in [0.25, 0.3) is 0 Å². The number of aliphatic imine (C=N–C) groups is 1. The molecule has 0 aromatic heterocycles. The van der Waals surface area contributed by atoms with E-state index in [0.717, 1.165) is 0 Å². The van der Waals surface area contributed by atoms with Crippen LogP contribution < -0.4 is 0 Å². The molecule has 1 nitrogen and oxygen atoms in total. The molecule has 2 heteroatoms. The van der Waals surface area contributed by atoms with Crippen LogP contribution in [0, 0.1) is 0 Å². The SMILES string of the molecule is ClC/C=C\C1C=N1. The molecule has 0 bridgehead atoms. The lowest BCUT2D eigenvalue weighted by Crippen LogP contribution is -1.75. The van der Waals surface area contributed by atoms with Crippen LogP contribution in [0.5, 0.6) is 0 Å². The molecule has 0 amide bonds. The lowest BCUT2D eigenvalue weighted by atomic mass is 10.4. The van der Waals surface area contributed by atoms with Crippen LogP contribution in [-0.4, -0.2) is 18.1 Å². The van der Waals surface area contributed by atoms with Gasteiger partial charge in [0.05, 0.1) is 0 Å². The summed E-state index contributed by atoms with van der Waals surface area (Å²) < 4.78 is 0. The van der Waals surface area contributed by atoms with E-state index in [1.54, 1.807) is 0 Å². The molecular formula is C5H6ClN. The molecule has 1 rings (SSSR count). The molecule has 0 fully saturated rings. The number of rotatable bonds is 2. The Morgan fingerprint density at radius 2 is 2.57 bits per heavy atom. The van der Waals surface area contributed by atoms with Gasteiger partial charge < -0.3 is 0 Å². The van der Waals surface area contributed by atoms with E-state index in [1.807, 2.05) is 18.4 Å². The predicted octanol–water partition coefficient (Wildman–Crippen LogP) is 1.23. The maximum atomic E-state index is 5.33. The molecule has 0 saturated carbocycles. The quantitative estimate of drug-likeness (QED) is 0.379. The summed E-state index contributed by atoms with van der Waals surface area (Å²) in [6.07, 6.45) is 5.76. The van der Waals surface area contributed by atoms with Crippen molar-refractivity contribution in [1.29, 1.82) is 0 Å². The fraction of sp³-hybridized carbons (Fsp3) is 0.400. The van der Waals surface area contributed by atoms with Gasteiger partial charge in [-0.3, -0.25) is 4.99 Å². The first-order valence-corrected chi connectivity index (χ1v) is 2.73. The summed E-state index contributed by atoms with van der Waals surface area (Å²) in [7, 11) is 0. The standard InChI is InChI=1S/C5H6ClN/c6-3-1-2-5-4-7-5/h1-2,4-5H,3H2/b2-1-. The second kappa shape index (κ2) is 2.12. The van der Waals surface area contributed by atoms with Gasteiger partial charge in [-0.15, -0.1) is 11.6 Å². The highest BCUT2D eigenvalue weighted by Crippen LogP contribution is 2.01. The van der Waals surface area contributed by atoms with Gasteiger partial charge in [0.15, 0.2) is 0 Å². The average molecular weight is 116 g/mol. The normalized spacial score (nSPS) is 26.7. The molecule has 1 unspecified atom stereocenters. The Balaban J connectivity index is 2.07. The first-order chi connectivity index (χ1) is 3.43. The molecule has 0 spiro atoms. The maximum Gasteiger partial charge on any atom is 0.102 e. The average Bonchev–Trinajstić information content (AvgIpc) is 2.42. The van der Waals surface area contributed by atoms with E-state index in [0.29, 0.717) is 11.9 Å². The Morgan fingerprint density at radius 3 is 3.00 bits per heavy atom. The van der Waals surface area contributed by atoms with Crippen molar-refractivity contribution in [2.24, 2.45) is 4.99 Å².